The summed E-state index contributed by atoms with van der Waals surface area (Å²) in [5, 5.41) is 11.4. The van der Waals surface area contributed by atoms with E-state index >= 15 is 0 Å². The van der Waals surface area contributed by atoms with Crippen LogP contribution in [0.3, 0.4) is 0 Å². The van der Waals surface area contributed by atoms with Crippen molar-refractivity contribution in [3.8, 4) is 0 Å². The first-order chi connectivity index (χ1) is 10.6. The lowest BCUT2D eigenvalue weighted by Crippen LogP contribution is -2.38. The van der Waals surface area contributed by atoms with Crippen LogP contribution in [0.5, 0.6) is 0 Å². The molecule has 0 saturated carbocycles. The zero-order valence-electron chi connectivity index (χ0n) is 13.7. The third-order valence-corrected chi connectivity index (χ3v) is 4.82. The smallest absolute Gasteiger partial charge is 0.254 e. The van der Waals surface area contributed by atoms with Crippen molar-refractivity contribution in [2.24, 2.45) is 7.05 Å². The van der Waals surface area contributed by atoms with E-state index in [0.29, 0.717) is 12.1 Å². The minimum atomic E-state index is -0.0574. The first-order valence-corrected chi connectivity index (χ1v) is 8.55. The Balaban J connectivity index is 2.08. The van der Waals surface area contributed by atoms with Crippen molar-refractivity contribution in [1.29, 1.82) is 0 Å². The number of carbonyl (C=O) groups is 1. The van der Waals surface area contributed by atoms with E-state index < -0.39 is 0 Å². The highest BCUT2D eigenvalue weighted by molar-refractivity contribution is 7.07. The summed E-state index contributed by atoms with van der Waals surface area (Å²) in [6, 6.07) is 2.34. The topological polar surface area (TPSA) is 50.2 Å². The molecule has 0 fully saturated rings. The Kier molecular flexibility index (Phi) is 5.74. The van der Waals surface area contributed by atoms with Crippen LogP contribution in [-0.2, 0) is 7.05 Å². The minimum absolute atomic E-state index is 0.0574. The summed E-state index contributed by atoms with van der Waals surface area (Å²) in [7, 11) is 1.84. The zero-order valence-corrected chi connectivity index (χ0v) is 14.5. The molecule has 1 N–H and O–H groups in total. The van der Waals surface area contributed by atoms with E-state index in [1.54, 1.807) is 22.2 Å². The Morgan fingerprint density at radius 2 is 2.18 bits per heavy atom. The molecule has 0 aliphatic heterocycles. The Hall–Kier alpha value is -1.66. The number of aromatic nitrogens is 2. The molecule has 0 aliphatic carbocycles. The van der Waals surface area contributed by atoms with Crippen molar-refractivity contribution in [1.82, 2.24) is 20.0 Å². The molecule has 2 aromatic rings. The SMILES string of the molecule is CCN(CC)[C@@H](CNC(=O)c1cnn(C)c1C)c1ccsc1. The molecule has 0 saturated heterocycles. The molecule has 5 nitrogen and oxygen atoms in total. The van der Waals surface area contributed by atoms with Crippen LogP contribution >= 0.6 is 11.3 Å². The molecule has 0 radical (unpaired) electrons. The molecule has 0 unspecified atom stereocenters. The van der Waals surface area contributed by atoms with Gasteiger partial charge in [0.25, 0.3) is 5.91 Å². The highest BCUT2D eigenvalue weighted by Gasteiger charge is 2.20. The Labute approximate surface area is 135 Å². The van der Waals surface area contributed by atoms with E-state index in [4.69, 9.17) is 0 Å². The monoisotopic (exact) mass is 320 g/mol. The second-order valence-corrected chi connectivity index (χ2v) is 6.05. The normalized spacial score (nSPS) is 12.6. The van der Waals surface area contributed by atoms with Gasteiger partial charge in [-0.05, 0) is 42.4 Å². The van der Waals surface area contributed by atoms with Gasteiger partial charge in [-0.1, -0.05) is 13.8 Å². The molecular formula is C16H24N4OS. The van der Waals surface area contributed by atoms with E-state index in [9.17, 15) is 4.79 Å². The third-order valence-electron chi connectivity index (χ3n) is 4.12. The van der Waals surface area contributed by atoms with Gasteiger partial charge in [0.15, 0.2) is 0 Å². The molecule has 0 aliphatic rings. The Morgan fingerprint density at radius 3 is 2.68 bits per heavy atom. The van der Waals surface area contributed by atoms with Crippen LogP contribution in [0.2, 0.25) is 0 Å². The molecule has 120 valence electrons. The van der Waals surface area contributed by atoms with Crippen molar-refractivity contribution in [2.75, 3.05) is 19.6 Å². The van der Waals surface area contributed by atoms with Crippen LogP contribution in [0.15, 0.2) is 23.0 Å². The lowest BCUT2D eigenvalue weighted by atomic mass is 10.1. The second-order valence-electron chi connectivity index (χ2n) is 5.27. The summed E-state index contributed by atoms with van der Waals surface area (Å²) in [6.07, 6.45) is 1.63. The van der Waals surface area contributed by atoms with Gasteiger partial charge in [0, 0.05) is 19.3 Å². The van der Waals surface area contributed by atoms with Gasteiger partial charge in [0.2, 0.25) is 0 Å². The van der Waals surface area contributed by atoms with Crippen LogP contribution in [0.1, 0.15) is 41.5 Å². The van der Waals surface area contributed by atoms with Gasteiger partial charge in [-0.2, -0.15) is 16.4 Å². The van der Waals surface area contributed by atoms with Crippen molar-refractivity contribution >= 4 is 17.2 Å². The van der Waals surface area contributed by atoms with Crippen LogP contribution in [0.4, 0.5) is 0 Å². The predicted molar refractivity (Wildman–Crippen MR) is 90.3 cm³/mol. The van der Waals surface area contributed by atoms with E-state index in [-0.39, 0.29) is 11.9 Å². The van der Waals surface area contributed by atoms with E-state index in [1.165, 1.54) is 5.56 Å². The van der Waals surface area contributed by atoms with Crippen molar-refractivity contribution in [3.63, 3.8) is 0 Å². The van der Waals surface area contributed by atoms with Crippen molar-refractivity contribution in [2.45, 2.75) is 26.8 Å². The van der Waals surface area contributed by atoms with Gasteiger partial charge in [-0.15, -0.1) is 0 Å². The van der Waals surface area contributed by atoms with Gasteiger partial charge in [0.05, 0.1) is 17.8 Å². The van der Waals surface area contributed by atoms with Crippen LogP contribution in [0, 0.1) is 6.92 Å². The number of likely N-dealkylation sites (N-methyl/N-ethyl adjacent to an activating group) is 1. The van der Waals surface area contributed by atoms with Crippen LogP contribution < -0.4 is 5.32 Å². The fourth-order valence-corrected chi connectivity index (χ4v) is 3.30. The molecule has 6 heteroatoms. The highest BCUT2D eigenvalue weighted by Crippen LogP contribution is 2.22. The number of rotatable bonds is 7. The quantitative estimate of drug-likeness (QED) is 0.853. The molecule has 2 heterocycles. The Morgan fingerprint density at radius 1 is 1.45 bits per heavy atom. The second kappa shape index (κ2) is 7.56. The first kappa shape index (κ1) is 16.7. The third kappa shape index (κ3) is 3.56. The summed E-state index contributed by atoms with van der Waals surface area (Å²) >= 11 is 1.69. The average Bonchev–Trinajstić information content (AvgIpc) is 3.15. The van der Waals surface area contributed by atoms with Crippen molar-refractivity contribution in [3.05, 3.63) is 39.8 Å². The maximum Gasteiger partial charge on any atom is 0.254 e. The van der Waals surface area contributed by atoms with Gasteiger partial charge in [-0.25, -0.2) is 0 Å². The molecule has 0 aromatic carbocycles. The van der Waals surface area contributed by atoms with E-state index in [1.807, 2.05) is 14.0 Å². The fourth-order valence-electron chi connectivity index (χ4n) is 2.59. The van der Waals surface area contributed by atoms with E-state index in [2.05, 4.69) is 46.0 Å². The number of aryl methyl sites for hydroxylation is 1. The number of thiophene rings is 1. The molecule has 1 atom stereocenters. The largest absolute Gasteiger partial charge is 0.350 e. The fraction of sp³-hybridized carbons (Fsp3) is 0.500. The zero-order chi connectivity index (χ0) is 16.1. The van der Waals surface area contributed by atoms with Gasteiger partial charge >= 0.3 is 0 Å². The first-order valence-electron chi connectivity index (χ1n) is 7.61. The minimum Gasteiger partial charge on any atom is -0.350 e. The van der Waals surface area contributed by atoms with Crippen LogP contribution in [0.25, 0.3) is 0 Å². The Bertz CT molecular complexity index is 602. The summed E-state index contributed by atoms with van der Waals surface area (Å²) in [6.45, 7) is 8.72. The number of hydrogen-bond donors (Lipinski definition) is 1. The van der Waals surface area contributed by atoms with Crippen molar-refractivity contribution < 1.29 is 4.79 Å². The summed E-state index contributed by atoms with van der Waals surface area (Å²) in [5.41, 5.74) is 2.79. The molecule has 2 rings (SSSR count). The standard InChI is InChI=1S/C16H24N4OS/c1-5-20(6-2)15(13-7-8-22-11-13)10-17-16(21)14-9-18-19(4)12(14)3/h7-9,11,15H,5-6,10H2,1-4H3,(H,17,21)/t15-/m0/s1. The molecular weight excluding hydrogens is 296 g/mol. The summed E-state index contributed by atoms with van der Waals surface area (Å²) in [4.78, 5) is 14.7. The molecule has 1 amide bonds. The van der Waals surface area contributed by atoms with Crippen LogP contribution in [-0.4, -0.2) is 40.2 Å². The number of amides is 1. The number of hydrogen-bond acceptors (Lipinski definition) is 4. The number of nitrogens with one attached hydrogen (secondary N) is 1. The van der Waals surface area contributed by atoms with Gasteiger partial charge in [-0.3, -0.25) is 14.4 Å². The molecule has 2 aromatic heterocycles. The summed E-state index contributed by atoms with van der Waals surface area (Å²) < 4.78 is 1.72. The van der Waals surface area contributed by atoms with E-state index in [0.717, 1.165) is 18.8 Å². The summed E-state index contributed by atoms with van der Waals surface area (Å²) in [5.74, 6) is -0.0574. The average molecular weight is 320 g/mol. The molecule has 0 spiro atoms. The maximum absolute atomic E-state index is 12.4. The molecule has 22 heavy (non-hydrogen) atoms. The maximum atomic E-state index is 12.4. The lowest BCUT2D eigenvalue weighted by molar-refractivity contribution is 0.0934. The lowest BCUT2D eigenvalue weighted by Gasteiger charge is -2.29. The predicted octanol–water partition coefficient (Wildman–Crippen LogP) is 2.60. The number of nitrogens with zero attached hydrogens (tertiary/aromatic N) is 3. The number of carbonyl (C=O) groups excluding carboxylic acids is 1. The van der Waals surface area contributed by atoms with Gasteiger partial charge < -0.3 is 5.32 Å². The van der Waals surface area contributed by atoms with Gasteiger partial charge in [0.1, 0.15) is 0 Å². The molecule has 0 bridgehead atoms. The highest BCUT2D eigenvalue weighted by atomic mass is 32.1.